The number of aryl methyl sites for hydroxylation is 1. The molecule has 5 nitrogen and oxygen atoms in total. The summed E-state index contributed by atoms with van der Waals surface area (Å²) in [5, 5.41) is 11.1. The number of nitrogens with zero attached hydrogens (tertiary/aromatic N) is 3. The summed E-state index contributed by atoms with van der Waals surface area (Å²) < 4.78 is 4.69. The summed E-state index contributed by atoms with van der Waals surface area (Å²) in [6.07, 6.45) is 2.42. The standard InChI is InChI=1S/C10H18N4O/c1-8-10(13-15-12-8)7-14(2)9-3-5-11-6-4-9/h9,11H,3-7H2,1-2H3. The Morgan fingerprint density at radius 1 is 1.40 bits per heavy atom. The molecule has 1 N–H and O–H groups in total. The summed E-state index contributed by atoms with van der Waals surface area (Å²) in [5.74, 6) is 0. The second-order valence-electron chi connectivity index (χ2n) is 4.19. The summed E-state index contributed by atoms with van der Waals surface area (Å²) in [4.78, 5) is 2.34. The van der Waals surface area contributed by atoms with Crippen molar-refractivity contribution in [2.45, 2.75) is 32.4 Å². The van der Waals surface area contributed by atoms with Gasteiger partial charge in [-0.2, -0.15) is 0 Å². The van der Waals surface area contributed by atoms with E-state index in [9.17, 15) is 0 Å². The van der Waals surface area contributed by atoms with Crippen LogP contribution in [0.3, 0.4) is 0 Å². The molecule has 2 rings (SSSR count). The maximum Gasteiger partial charge on any atom is 0.122 e. The number of piperidine rings is 1. The Bertz CT molecular complexity index is 306. The van der Waals surface area contributed by atoms with Gasteiger partial charge < -0.3 is 5.32 Å². The van der Waals surface area contributed by atoms with E-state index in [-0.39, 0.29) is 0 Å². The smallest absolute Gasteiger partial charge is 0.122 e. The molecule has 1 saturated heterocycles. The fourth-order valence-electron chi connectivity index (χ4n) is 2.01. The molecule has 1 aliphatic heterocycles. The molecular formula is C10H18N4O. The van der Waals surface area contributed by atoms with Crippen molar-refractivity contribution in [3.05, 3.63) is 11.4 Å². The van der Waals surface area contributed by atoms with Crippen LogP contribution in [0.1, 0.15) is 24.2 Å². The van der Waals surface area contributed by atoms with E-state index >= 15 is 0 Å². The Kier molecular flexibility index (Phi) is 3.33. The first kappa shape index (κ1) is 10.6. The van der Waals surface area contributed by atoms with Gasteiger partial charge in [-0.25, -0.2) is 4.63 Å². The average Bonchev–Trinajstić information content (AvgIpc) is 2.66. The van der Waals surface area contributed by atoms with Gasteiger partial charge in [-0.05, 0) is 39.9 Å². The molecule has 0 radical (unpaired) electrons. The first-order valence-electron chi connectivity index (χ1n) is 5.46. The normalized spacial score (nSPS) is 18.6. The van der Waals surface area contributed by atoms with E-state index in [1.165, 1.54) is 12.8 Å². The van der Waals surface area contributed by atoms with E-state index in [1.807, 2.05) is 6.92 Å². The van der Waals surface area contributed by atoms with Crippen LogP contribution in [0, 0.1) is 6.92 Å². The minimum atomic E-state index is 0.655. The monoisotopic (exact) mass is 210 g/mol. The van der Waals surface area contributed by atoms with Crippen LogP contribution in [0.2, 0.25) is 0 Å². The molecule has 1 aliphatic rings. The van der Waals surface area contributed by atoms with Crippen LogP contribution in [0.4, 0.5) is 0 Å². The molecular weight excluding hydrogens is 192 g/mol. The van der Waals surface area contributed by atoms with Crippen LogP contribution in [-0.2, 0) is 6.54 Å². The van der Waals surface area contributed by atoms with Gasteiger partial charge in [0.15, 0.2) is 0 Å². The van der Waals surface area contributed by atoms with Crippen molar-refractivity contribution in [3.8, 4) is 0 Å². The zero-order valence-corrected chi connectivity index (χ0v) is 9.36. The summed E-state index contributed by atoms with van der Waals surface area (Å²) in [5.41, 5.74) is 1.85. The first-order chi connectivity index (χ1) is 7.27. The highest BCUT2D eigenvalue weighted by molar-refractivity contribution is 5.04. The zero-order valence-electron chi connectivity index (χ0n) is 9.36. The van der Waals surface area contributed by atoms with E-state index in [0.717, 1.165) is 31.0 Å². The third-order valence-electron chi connectivity index (χ3n) is 3.08. The number of hydrogen-bond acceptors (Lipinski definition) is 5. The van der Waals surface area contributed by atoms with Crippen LogP contribution < -0.4 is 5.32 Å². The molecule has 1 aromatic rings. The topological polar surface area (TPSA) is 54.2 Å². The number of nitrogens with one attached hydrogen (secondary N) is 1. The van der Waals surface area contributed by atoms with Crippen LogP contribution in [-0.4, -0.2) is 41.4 Å². The molecule has 0 aliphatic carbocycles. The molecule has 2 heterocycles. The predicted octanol–water partition coefficient (Wildman–Crippen LogP) is 0.562. The third kappa shape index (κ3) is 2.54. The van der Waals surface area contributed by atoms with Crippen molar-refractivity contribution in [1.82, 2.24) is 20.5 Å². The maximum absolute atomic E-state index is 4.69. The van der Waals surface area contributed by atoms with Crippen molar-refractivity contribution in [3.63, 3.8) is 0 Å². The predicted molar refractivity (Wildman–Crippen MR) is 56.4 cm³/mol. The van der Waals surface area contributed by atoms with E-state index in [0.29, 0.717) is 6.04 Å². The van der Waals surface area contributed by atoms with E-state index in [1.54, 1.807) is 0 Å². The van der Waals surface area contributed by atoms with E-state index < -0.39 is 0 Å². The second kappa shape index (κ2) is 4.72. The molecule has 0 amide bonds. The molecule has 1 fully saturated rings. The highest BCUT2D eigenvalue weighted by Crippen LogP contribution is 2.13. The molecule has 0 unspecified atom stereocenters. The van der Waals surface area contributed by atoms with Crippen molar-refractivity contribution >= 4 is 0 Å². The van der Waals surface area contributed by atoms with Gasteiger partial charge in [0, 0.05) is 12.6 Å². The van der Waals surface area contributed by atoms with Gasteiger partial charge >= 0.3 is 0 Å². The summed E-state index contributed by atoms with van der Waals surface area (Å²) in [6.45, 7) is 5.00. The Morgan fingerprint density at radius 2 is 2.13 bits per heavy atom. The summed E-state index contributed by atoms with van der Waals surface area (Å²) in [6, 6.07) is 0.655. The van der Waals surface area contributed by atoms with Gasteiger partial charge in [-0.1, -0.05) is 10.3 Å². The van der Waals surface area contributed by atoms with Gasteiger partial charge in [0.25, 0.3) is 0 Å². The largest absolute Gasteiger partial charge is 0.317 e. The Morgan fingerprint density at radius 3 is 2.73 bits per heavy atom. The SMILES string of the molecule is Cc1nonc1CN(C)C1CCNCC1. The minimum absolute atomic E-state index is 0.655. The van der Waals surface area contributed by atoms with Gasteiger partial charge in [0.05, 0.1) is 0 Å². The highest BCUT2D eigenvalue weighted by atomic mass is 16.6. The van der Waals surface area contributed by atoms with Gasteiger partial charge in [-0.3, -0.25) is 4.90 Å². The lowest BCUT2D eigenvalue weighted by Gasteiger charge is -2.30. The molecule has 15 heavy (non-hydrogen) atoms. The zero-order chi connectivity index (χ0) is 10.7. The molecule has 0 aromatic carbocycles. The Balaban J connectivity index is 1.91. The lowest BCUT2D eigenvalue weighted by molar-refractivity contribution is 0.186. The van der Waals surface area contributed by atoms with Crippen molar-refractivity contribution < 1.29 is 4.63 Å². The molecule has 0 saturated carbocycles. The second-order valence-corrected chi connectivity index (χ2v) is 4.19. The quantitative estimate of drug-likeness (QED) is 0.790. The molecule has 0 bridgehead atoms. The number of hydrogen-bond donors (Lipinski definition) is 1. The van der Waals surface area contributed by atoms with Crippen LogP contribution in [0.5, 0.6) is 0 Å². The molecule has 0 spiro atoms. The summed E-state index contributed by atoms with van der Waals surface area (Å²) >= 11 is 0. The number of aromatic nitrogens is 2. The molecule has 84 valence electrons. The fourth-order valence-corrected chi connectivity index (χ4v) is 2.01. The average molecular weight is 210 g/mol. The maximum atomic E-state index is 4.69. The first-order valence-corrected chi connectivity index (χ1v) is 5.46. The molecule has 5 heteroatoms. The molecule has 1 aromatic heterocycles. The van der Waals surface area contributed by atoms with Gasteiger partial charge in [0.2, 0.25) is 0 Å². The van der Waals surface area contributed by atoms with E-state index in [4.69, 9.17) is 4.63 Å². The Labute approximate surface area is 89.8 Å². The minimum Gasteiger partial charge on any atom is -0.317 e. The van der Waals surface area contributed by atoms with E-state index in [2.05, 4.69) is 27.6 Å². The number of rotatable bonds is 3. The lowest BCUT2D eigenvalue weighted by Crippen LogP contribution is -2.40. The third-order valence-corrected chi connectivity index (χ3v) is 3.08. The van der Waals surface area contributed by atoms with Crippen LogP contribution in [0.15, 0.2) is 4.63 Å². The highest BCUT2D eigenvalue weighted by Gasteiger charge is 2.19. The van der Waals surface area contributed by atoms with Gasteiger partial charge in [0.1, 0.15) is 11.4 Å². The van der Waals surface area contributed by atoms with Crippen molar-refractivity contribution in [1.29, 1.82) is 0 Å². The van der Waals surface area contributed by atoms with Crippen LogP contribution >= 0.6 is 0 Å². The summed E-state index contributed by atoms with van der Waals surface area (Å²) in [7, 11) is 2.14. The van der Waals surface area contributed by atoms with Gasteiger partial charge in [-0.15, -0.1) is 0 Å². The Hall–Kier alpha value is -0.940. The van der Waals surface area contributed by atoms with Crippen molar-refractivity contribution in [2.75, 3.05) is 20.1 Å². The molecule has 0 atom stereocenters. The lowest BCUT2D eigenvalue weighted by atomic mass is 10.1. The van der Waals surface area contributed by atoms with Crippen molar-refractivity contribution in [2.24, 2.45) is 0 Å². The van der Waals surface area contributed by atoms with Crippen LogP contribution in [0.25, 0.3) is 0 Å². The fraction of sp³-hybridized carbons (Fsp3) is 0.800.